The zero-order chi connectivity index (χ0) is 22.7. The van der Waals surface area contributed by atoms with Crippen LogP contribution >= 0.6 is 11.3 Å². The van der Waals surface area contributed by atoms with Gasteiger partial charge in [0.1, 0.15) is 5.00 Å². The average Bonchev–Trinajstić information content (AvgIpc) is 3.10. The first kappa shape index (κ1) is 22.8. The smallest absolute Gasteiger partial charge is 0.341 e. The largest absolute Gasteiger partial charge is 0.466 e. The van der Waals surface area contributed by atoms with Crippen molar-refractivity contribution in [1.29, 1.82) is 0 Å². The standard InChI is InChI=1S/C21H20F3NO5S/c1-3-29-20(27)10-6-5-7-13-14(10)15(21(28)30-4-2)19(31-13)25-18(26)11-8-9-12(22)17(24)16(11)23/h8-10H,3-7H2,1-2H3,(H,25,26). The third-order valence-corrected chi connectivity index (χ3v) is 6.01. The van der Waals surface area contributed by atoms with E-state index >= 15 is 0 Å². The third-order valence-electron chi connectivity index (χ3n) is 4.82. The topological polar surface area (TPSA) is 81.7 Å². The Morgan fingerprint density at radius 2 is 1.81 bits per heavy atom. The molecule has 0 fully saturated rings. The predicted molar refractivity (Wildman–Crippen MR) is 107 cm³/mol. The number of aryl methyl sites for hydroxylation is 1. The van der Waals surface area contributed by atoms with Gasteiger partial charge in [-0.15, -0.1) is 11.3 Å². The fourth-order valence-electron chi connectivity index (χ4n) is 3.50. The summed E-state index contributed by atoms with van der Waals surface area (Å²) in [5, 5.41) is 2.45. The normalized spacial score (nSPS) is 15.2. The Morgan fingerprint density at radius 1 is 1.10 bits per heavy atom. The second-order valence-corrected chi connectivity index (χ2v) is 7.84. The van der Waals surface area contributed by atoms with Crippen LogP contribution in [0.3, 0.4) is 0 Å². The van der Waals surface area contributed by atoms with Crippen LogP contribution in [0, 0.1) is 17.5 Å². The number of hydrogen-bond acceptors (Lipinski definition) is 6. The molecule has 0 bridgehead atoms. The molecule has 0 radical (unpaired) electrons. The maximum Gasteiger partial charge on any atom is 0.341 e. The molecule has 1 N–H and O–H groups in total. The molecule has 1 aromatic carbocycles. The first-order valence-corrected chi connectivity index (χ1v) is 10.6. The van der Waals surface area contributed by atoms with Crippen molar-refractivity contribution in [2.45, 2.75) is 39.0 Å². The van der Waals surface area contributed by atoms with Crippen LogP contribution in [-0.2, 0) is 20.7 Å². The number of ether oxygens (including phenoxy) is 2. The molecule has 31 heavy (non-hydrogen) atoms. The molecule has 1 aliphatic rings. The van der Waals surface area contributed by atoms with Gasteiger partial charge >= 0.3 is 11.9 Å². The van der Waals surface area contributed by atoms with Gasteiger partial charge in [0.15, 0.2) is 17.5 Å². The van der Waals surface area contributed by atoms with E-state index in [9.17, 15) is 27.6 Å². The number of benzene rings is 1. The van der Waals surface area contributed by atoms with E-state index in [0.717, 1.165) is 17.4 Å². The van der Waals surface area contributed by atoms with E-state index in [4.69, 9.17) is 9.47 Å². The summed E-state index contributed by atoms with van der Waals surface area (Å²) in [6.45, 7) is 3.50. The van der Waals surface area contributed by atoms with E-state index in [1.807, 2.05) is 0 Å². The summed E-state index contributed by atoms with van der Waals surface area (Å²) >= 11 is 1.06. The van der Waals surface area contributed by atoms with Gasteiger partial charge in [-0.05, 0) is 50.8 Å². The molecule has 1 aliphatic carbocycles. The van der Waals surface area contributed by atoms with Gasteiger partial charge in [-0.1, -0.05) is 0 Å². The van der Waals surface area contributed by atoms with Crippen molar-refractivity contribution in [2.75, 3.05) is 18.5 Å². The Balaban J connectivity index is 2.05. The van der Waals surface area contributed by atoms with Gasteiger partial charge in [-0.3, -0.25) is 9.59 Å². The number of halogens is 3. The summed E-state index contributed by atoms with van der Waals surface area (Å²) in [5.41, 5.74) is -0.299. The third kappa shape index (κ3) is 4.43. The Kier molecular flexibility index (Phi) is 6.99. The lowest BCUT2D eigenvalue weighted by molar-refractivity contribution is -0.145. The first-order chi connectivity index (χ1) is 14.8. The molecule has 1 unspecified atom stereocenters. The summed E-state index contributed by atoms with van der Waals surface area (Å²) in [5.74, 6) is -7.84. The molecule has 1 heterocycles. The number of fused-ring (bicyclic) bond motifs is 1. The van der Waals surface area contributed by atoms with E-state index in [1.165, 1.54) is 0 Å². The van der Waals surface area contributed by atoms with Crippen LogP contribution in [0.15, 0.2) is 12.1 Å². The van der Waals surface area contributed by atoms with Crippen molar-refractivity contribution in [1.82, 2.24) is 0 Å². The Morgan fingerprint density at radius 3 is 2.48 bits per heavy atom. The fourth-order valence-corrected chi connectivity index (χ4v) is 4.79. The van der Waals surface area contributed by atoms with Crippen LogP contribution in [-0.4, -0.2) is 31.1 Å². The minimum atomic E-state index is -1.77. The molecule has 0 aliphatic heterocycles. The highest BCUT2D eigenvalue weighted by Gasteiger charge is 2.37. The molecule has 1 amide bonds. The zero-order valence-corrected chi connectivity index (χ0v) is 17.7. The van der Waals surface area contributed by atoms with Gasteiger partial charge in [0.2, 0.25) is 0 Å². The molecule has 3 rings (SSSR count). The molecule has 166 valence electrons. The van der Waals surface area contributed by atoms with E-state index in [1.54, 1.807) is 13.8 Å². The maximum atomic E-state index is 14.0. The van der Waals surface area contributed by atoms with Crippen molar-refractivity contribution >= 4 is 34.2 Å². The molecule has 0 spiro atoms. The molecular formula is C21H20F3NO5S. The van der Waals surface area contributed by atoms with Gasteiger partial charge in [0.25, 0.3) is 5.91 Å². The van der Waals surface area contributed by atoms with E-state index < -0.39 is 46.8 Å². The van der Waals surface area contributed by atoms with Gasteiger partial charge < -0.3 is 14.8 Å². The van der Waals surface area contributed by atoms with E-state index in [0.29, 0.717) is 35.8 Å². The average molecular weight is 455 g/mol. The van der Waals surface area contributed by atoms with Crippen LogP contribution in [0.1, 0.15) is 63.8 Å². The molecule has 10 heteroatoms. The van der Waals surface area contributed by atoms with Crippen LogP contribution in [0.2, 0.25) is 0 Å². The zero-order valence-electron chi connectivity index (χ0n) is 16.9. The minimum absolute atomic E-state index is 0.00375. The van der Waals surface area contributed by atoms with Crippen molar-refractivity contribution < 1.29 is 37.0 Å². The lowest BCUT2D eigenvalue weighted by Gasteiger charge is -2.22. The molecule has 6 nitrogen and oxygen atoms in total. The summed E-state index contributed by atoms with van der Waals surface area (Å²) < 4.78 is 51.0. The second-order valence-electron chi connectivity index (χ2n) is 6.74. The summed E-state index contributed by atoms with van der Waals surface area (Å²) in [4.78, 5) is 38.5. The lowest BCUT2D eigenvalue weighted by atomic mass is 9.85. The predicted octanol–water partition coefficient (Wildman–Crippen LogP) is 4.58. The van der Waals surface area contributed by atoms with Gasteiger partial charge in [0, 0.05) is 4.88 Å². The van der Waals surface area contributed by atoms with Crippen molar-refractivity contribution in [2.24, 2.45) is 0 Å². The number of anilines is 1. The highest BCUT2D eigenvalue weighted by Crippen LogP contribution is 2.44. The number of esters is 2. The molecular weight excluding hydrogens is 435 g/mol. The quantitative estimate of drug-likeness (QED) is 0.510. The molecule has 1 aromatic heterocycles. The Labute approximate surface area is 180 Å². The summed E-state index contributed by atoms with van der Waals surface area (Å²) in [7, 11) is 0. The number of nitrogens with one attached hydrogen (secondary N) is 1. The fraction of sp³-hybridized carbons (Fsp3) is 0.381. The van der Waals surface area contributed by atoms with Crippen LogP contribution in [0.4, 0.5) is 18.2 Å². The number of amides is 1. The summed E-state index contributed by atoms with van der Waals surface area (Å²) in [6.07, 6.45) is 1.70. The molecule has 1 atom stereocenters. The molecule has 0 saturated heterocycles. The van der Waals surface area contributed by atoms with Crippen molar-refractivity contribution in [3.05, 3.63) is 51.2 Å². The monoisotopic (exact) mass is 455 g/mol. The Bertz CT molecular complexity index is 1040. The van der Waals surface area contributed by atoms with Gasteiger partial charge in [-0.2, -0.15) is 0 Å². The molecule has 0 saturated carbocycles. The van der Waals surface area contributed by atoms with Crippen LogP contribution in [0.25, 0.3) is 0 Å². The number of thiophene rings is 1. The van der Waals surface area contributed by atoms with E-state index in [2.05, 4.69) is 5.32 Å². The van der Waals surface area contributed by atoms with Crippen molar-refractivity contribution in [3.63, 3.8) is 0 Å². The number of carbonyl (C=O) groups excluding carboxylic acids is 3. The first-order valence-electron chi connectivity index (χ1n) is 9.74. The highest BCUT2D eigenvalue weighted by atomic mass is 32.1. The number of hydrogen-bond donors (Lipinski definition) is 1. The van der Waals surface area contributed by atoms with Crippen molar-refractivity contribution in [3.8, 4) is 0 Å². The SMILES string of the molecule is CCOC(=O)c1c(NC(=O)c2ccc(F)c(F)c2F)sc2c1C(C(=O)OCC)CCC2. The lowest BCUT2D eigenvalue weighted by Crippen LogP contribution is -2.23. The summed E-state index contributed by atoms with van der Waals surface area (Å²) in [6, 6.07) is 1.44. The minimum Gasteiger partial charge on any atom is -0.466 e. The Hall–Kier alpha value is -2.88. The highest BCUT2D eigenvalue weighted by molar-refractivity contribution is 7.17. The van der Waals surface area contributed by atoms with Crippen LogP contribution < -0.4 is 5.32 Å². The van der Waals surface area contributed by atoms with Crippen LogP contribution in [0.5, 0.6) is 0 Å². The number of carbonyl (C=O) groups is 3. The van der Waals surface area contributed by atoms with Gasteiger partial charge in [0.05, 0.1) is 30.3 Å². The second kappa shape index (κ2) is 9.51. The number of rotatable bonds is 6. The van der Waals surface area contributed by atoms with E-state index in [-0.39, 0.29) is 23.8 Å². The molecule has 2 aromatic rings. The maximum absolute atomic E-state index is 14.0. The van der Waals surface area contributed by atoms with Gasteiger partial charge in [-0.25, -0.2) is 18.0 Å².